The lowest BCUT2D eigenvalue weighted by Gasteiger charge is -2.10. The number of nitrogens with zero attached hydrogens (tertiary/aromatic N) is 2. The fraction of sp³-hybridized carbons (Fsp3) is 0.500. The van der Waals surface area contributed by atoms with Crippen LogP contribution in [0.15, 0.2) is 17.2 Å². The van der Waals surface area contributed by atoms with Crippen LogP contribution < -0.4 is 10.5 Å². The Kier molecular flexibility index (Phi) is 5.33. The van der Waals surface area contributed by atoms with Gasteiger partial charge >= 0.3 is 0 Å². The molecule has 0 aliphatic rings. The van der Waals surface area contributed by atoms with Gasteiger partial charge in [0.2, 0.25) is 10.0 Å². The second kappa shape index (κ2) is 6.33. The first kappa shape index (κ1) is 15.2. The predicted molar refractivity (Wildman–Crippen MR) is 72.0 cm³/mol. The summed E-state index contributed by atoms with van der Waals surface area (Å²) in [5.74, 6) is 0.114. The minimum Gasteiger partial charge on any atom is -0.382 e. The third-order valence-corrected chi connectivity index (χ3v) is 3.96. The van der Waals surface area contributed by atoms with Gasteiger partial charge in [0, 0.05) is 12.7 Å². The molecule has 0 bridgehead atoms. The smallest absolute Gasteiger partial charge is 0.242 e. The quantitative estimate of drug-likeness (QED) is 0.748. The van der Waals surface area contributed by atoms with Crippen LogP contribution in [0.2, 0.25) is 5.02 Å². The summed E-state index contributed by atoms with van der Waals surface area (Å²) >= 11 is 5.74. The number of sulfonamides is 1. The molecule has 0 aliphatic heterocycles. The van der Waals surface area contributed by atoms with Gasteiger partial charge in [0.1, 0.15) is 10.7 Å². The van der Waals surface area contributed by atoms with E-state index >= 15 is 0 Å². The van der Waals surface area contributed by atoms with Crippen LogP contribution in [0.1, 0.15) is 6.42 Å². The van der Waals surface area contributed by atoms with Crippen LogP contribution in [-0.2, 0) is 10.0 Å². The molecule has 1 aromatic heterocycles. The molecule has 0 saturated heterocycles. The number of nitrogens with two attached hydrogens (primary N) is 1. The first-order valence-corrected chi connectivity index (χ1v) is 7.24. The Bertz CT molecular complexity index is 505. The Balaban J connectivity index is 2.66. The van der Waals surface area contributed by atoms with Crippen molar-refractivity contribution in [3.8, 4) is 0 Å². The first-order valence-electron chi connectivity index (χ1n) is 5.38. The molecule has 8 heteroatoms. The van der Waals surface area contributed by atoms with E-state index in [4.69, 9.17) is 17.3 Å². The minimum absolute atomic E-state index is 0.0200. The zero-order valence-corrected chi connectivity index (χ0v) is 11.9. The van der Waals surface area contributed by atoms with Crippen LogP contribution in [0.5, 0.6) is 0 Å². The number of hydrogen-bond donors (Lipinski definition) is 2. The van der Waals surface area contributed by atoms with E-state index in [1.165, 1.54) is 12.3 Å². The summed E-state index contributed by atoms with van der Waals surface area (Å²) in [6.45, 7) is 1.17. The Morgan fingerprint density at radius 2 is 2.17 bits per heavy atom. The highest BCUT2D eigenvalue weighted by atomic mass is 35.5. The first-order chi connectivity index (χ1) is 8.33. The van der Waals surface area contributed by atoms with Crippen molar-refractivity contribution in [2.24, 2.45) is 0 Å². The van der Waals surface area contributed by atoms with Crippen LogP contribution in [0.4, 0.5) is 5.82 Å². The Labute approximate surface area is 112 Å². The highest BCUT2D eigenvalue weighted by Gasteiger charge is 2.15. The lowest BCUT2D eigenvalue weighted by atomic mass is 10.4. The van der Waals surface area contributed by atoms with Crippen LogP contribution in [-0.4, -0.2) is 45.5 Å². The average molecular weight is 293 g/mol. The summed E-state index contributed by atoms with van der Waals surface area (Å²) in [4.78, 5) is 5.72. The molecule has 0 unspecified atom stereocenters. The van der Waals surface area contributed by atoms with Crippen molar-refractivity contribution >= 4 is 27.4 Å². The highest BCUT2D eigenvalue weighted by molar-refractivity contribution is 7.89. The van der Waals surface area contributed by atoms with E-state index in [1.54, 1.807) is 0 Å². The molecule has 1 rings (SSSR count). The Hall–Kier alpha value is -0.890. The van der Waals surface area contributed by atoms with E-state index in [9.17, 15) is 8.42 Å². The van der Waals surface area contributed by atoms with Gasteiger partial charge in [-0.3, -0.25) is 0 Å². The van der Waals surface area contributed by atoms with Crippen molar-refractivity contribution in [1.82, 2.24) is 14.6 Å². The van der Waals surface area contributed by atoms with Crippen molar-refractivity contribution in [3.05, 3.63) is 17.3 Å². The van der Waals surface area contributed by atoms with Gasteiger partial charge in [0.15, 0.2) is 0 Å². The molecule has 0 saturated carbocycles. The molecule has 0 aromatic carbocycles. The molecule has 0 atom stereocenters. The second-order valence-electron chi connectivity index (χ2n) is 4.09. The predicted octanol–water partition coefficient (Wildman–Crippen LogP) is 0.547. The topological polar surface area (TPSA) is 88.3 Å². The van der Waals surface area contributed by atoms with Gasteiger partial charge in [-0.05, 0) is 33.1 Å². The summed E-state index contributed by atoms with van der Waals surface area (Å²) in [5, 5.41) is 0.131. The molecule has 1 heterocycles. The third-order valence-electron chi connectivity index (χ3n) is 2.23. The molecule has 102 valence electrons. The van der Waals surface area contributed by atoms with Crippen LogP contribution in [0.25, 0.3) is 0 Å². The van der Waals surface area contributed by atoms with Gasteiger partial charge in [-0.15, -0.1) is 0 Å². The molecule has 0 radical (unpaired) electrons. The number of aromatic nitrogens is 1. The number of nitrogens with one attached hydrogen (secondary N) is 1. The monoisotopic (exact) mass is 292 g/mol. The van der Waals surface area contributed by atoms with Gasteiger partial charge < -0.3 is 10.6 Å². The molecule has 0 spiro atoms. The van der Waals surface area contributed by atoms with E-state index in [2.05, 4.69) is 9.71 Å². The molecule has 1 aromatic rings. The fourth-order valence-corrected chi connectivity index (χ4v) is 2.54. The Morgan fingerprint density at radius 3 is 2.72 bits per heavy atom. The fourth-order valence-electron chi connectivity index (χ4n) is 1.26. The summed E-state index contributed by atoms with van der Waals surface area (Å²) in [7, 11) is 0.289. The van der Waals surface area contributed by atoms with Crippen LogP contribution >= 0.6 is 11.6 Å². The van der Waals surface area contributed by atoms with Crippen LogP contribution in [0, 0.1) is 0 Å². The molecular formula is C10H17ClN4O2S. The third kappa shape index (κ3) is 4.41. The zero-order valence-electron chi connectivity index (χ0n) is 10.4. The molecule has 0 aliphatic carbocycles. The molecule has 0 amide bonds. The number of halogens is 1. The van der Waals surface area contributed by atoms with Gasteiger partial charge in [-0.2, -0.15) is 0 Å². The number of hydrogen-bond acceptors (Lipinski definition) is 5. The summed E-state index contributed by atoms with van der Waals surface area (Å²) in [6.07, 6.45) is 1.91. The SMILES string of the molecule is CN(C)CCCNS(=O)(=O)c1cnc(N)c(Cl)c1. The maximum atomic E-state index is 11.9. The number of rotatable bonds is 6. The Morgan fingerprint density at radius 1 is 1.50 bits per heavy atom. The highest BCUT2D eigenvalue weighted by Crippen LogP contribution is 2.19. The normalized spacial score (nSPS) is 12.0. The standard InChI is InChI=1S/C10H17ClN4O2S/c1-15(2)5-3-4-14-18(16,17)8-6-9(11)10(12)13-7-8/h6-7,14H,3-5H2,1-2H3,(H2,12,13). The van der Waals surface area contributed by atoms with E-state index < -0.39 is 10.0 Å². The lowest BCUT2D eigenvalue weighted by molar-refractivity contribution is 0.400. The average Bonchev–Trinajstić information content (AvgIpc) is 2.28. The van der Waals surface area contributed by atoms with E-state index in [0.717, 1.165) is 13.0 Å². The van der Waals surface area contributed by atoms with Crippen molar-refractivity contribution in [1.29, 1.82) is 0 Å². The maximum Gasteiger partial charge on any atom is 0.242 e. The van der Waals surface area contributed by atoms with E-state index in [0.29, 0.717) is 6.54 Å². The zero-order chi connectivity index (χ0) is 13.8. The summed E-state index contributed by atoms with van der Waals surface area (Å²) in [6, 6.07) is 1.29. The largest absolute Gasteiger partial charge is 0.382 e. The molecule has 3 N–H and O–H groups in total. The van der Waals surface area contributed by atoms with Gasteiger partial charge in [-0.25, -0.2) is 18.1 Å². The number of pyridine rings is 1. The van der Waals surface area contributed by atoms with Crippen molar-refractivity contribution in [2.75, 3.05) is 32.9 Å². The van der Waals surface area contributed by atoms with Gasteiger partial charge in [0.25, 0.3) is 0 Å². The van der Waals surface area contributed by atoms with Gasteiger partial charge in [0.05, 0.1) is 5.02 Å². The maximum absolute atomic E-state index is 11.9. The molecule has 6 nitrogen and oxygen atoms in total. The number of nitrogen functional groups attached to an aromatic ring is 1. The minimum atomic E-state index is -3.57. The van der Waals surface area contributed by atoms with E-state index in [1.807, 2.05) is 19.0 Å². The van der Waals surface area contributed by atoms with Crippen molar-refractivity contribution < 1.29 is 8.42 Å². The summed E-state index contributed by atoms with van der Waals surface area (Å²) in [5.41, 5.74) is 5.42. The summed E-state index contributed by atoms with van der Waals surface area (Å²) < 4.78 is 26.2. The lowest BCUT2D eigenvalue weighted by Crippen LogP contribution is -2.27. The molecular weight excluding hydrogens is 276 g/mol. The number of anilines is 1. The van der Waals surface area contributed by atoms with Gasteiger partial charge in [-0.1, -0.05) is 11.6 Å². The van der Waals surface area contributed by atoms with Crippen molar-refractivity contribution in [3.63, 3.8) is 0 Å². The van der Waals surface area contributed by atoms with E-state index in [-0.39, 0.29) is 15.7 Å². The van der Waals surface area contributed by atoms with Crippen molar-refractivity contribution in [2.45, 2.75) is 11.3 Å². The van der Waals surface area contributed by atoms with Crippen LogP contribution in [0.3, 0.4) is 0 Å². The molecule has 0 fully saturated rings. The molecule has 18 heavy (non-hydrogen) atoms. The second-order valence-corrected chi connectivity index (χ2v) is 6.27.